The fourth-order valence-corrected chi connectivity index (χ4v) is 2.69. The van der Waals surface area contributed by atoms with Gasteiger partial charge in [0.05, 0.1) is 0 Å². The quantitative estimate of drug-likeness (QED) is 0.664. The predicted molar refractivity (Wildman–Crippen MR) is 88.1 cm³/mol. The third-order valence-electron chi connectivity index (χ3n) is 3.09. The van der Waals surface area contributed by atoms with Gasteiger partial charge in [0.25, 0.3) is 5.91 Å². The number of anilines is 1. The number of benzene rings is 2. The lowest BCUT2D eigenvalue weighted by molar-refractivity contribution is 0.0998. The zero-order chi connectivity index (χ0) is 14.1. The number of nitrogens with one attached hydrogen (secondary N) is 1. The molecule has 2 aromatic carbocycles. The summed E-state index contributed by atoms with van der Waals surface area (Å²) in [6.45, 7) is 1.97. The Morgan fingerprint density at radius 1 is 1.15 bits per heavy atom. The van der Waals surface area contributed by atoms with Crippen LogP contribution in [0.5, 0.6) is 0 Å². The molecule has 4 heteroatoms. The van der Waals surface area contributed by atoms with Crippen molar-refractivity contribution in [3.05, 3.63) is 63.4 Å². The second kappa shape index (κ2) is 5.28. The smallest absolute Gasteiger partial charge is 0.291 e. The van der Waals surface area contributed by atoms with E-state index in [1.54, 1.807) is 6.07 Å². The van der Waals surface area contributed by atoms with Crippen molar-refractivity contribution in [2.45, 2.75) is 6.92 Å². The number of para-hydroxylation sites is 1. The summed E-state index contributed by atoms with van der Waals surface area (Å²) in [5, 5.41) is 3.81. The Hall–Kier alpha value is -1.82. The highest BCUT2D eigenvalue weighted by molar-refractivity contribution is 14.1. The predicted octanol–water partition coefficient (Wildman–Crippen LogP) is 4.60. The first-order valence-corrected chi connectivity index (χ1v) is 7.27. The van der Waals surface area contributed by atoms with E-state index >= 15 is 0 Å². The van der Waals surface area contributed by atoms with Crippen LogP contribution < -0.4 is 5.32 Å². The molecule has 0 aliphatic heterocycles. The van der Waals surface area contributed by atoms with Crippen molar-refractivity contribution in [1.82, 2.24) is 0 Å². The van der Waals surface area contributed by atoms with E-state index in [-0.39, 0.29) is 5.91 Å². The van der Waals surface area contributed by atoms with Gasteiger partial charge in [-0.2, -0.15) is 0 Å². The molecule has 0 atom stereocenters. The molecule has 1 N–H and O–H groups in total. The maximum atomic E-state index is 12.2. The lowest BCUT2D eigenvalue weighted by Gasteiger charge is -2.07. The molecule has 0 fully saturated rings. The first-order valence-electron chi connectivity index (χ1n) is 6.19. The minimum atomic E-state index is -0.231. The number of hydrogen-bond acceptors (Lipinski definition) is 2. The molecule has 1 amide bonds. The molecule has 0 saturated heterocycles. The van der Waals surface area contributed by atoms with E-state index in [1.807, 2.05) is 49.4 Å². The molecule has 0 saturated carbocycles. The van der Waals surface area contributed by atoms with Gasteiger partial charge in [-0.15, -0.1) is 0 Å². The Morgan fingerprint density at radius 2 is 1.95 bits per heavy atom. The molecular formula is C16H12INO2. The van der Waals surface area contributed by atoms with Gasteiger partial charge in [0.15, 0.2) is 5.76 Å². The fourth-order valence-electron chi connectivity index (χ4n) is 2.05. The second-order valence-electron chi connectivity index (χ2n) is 4.56. The molecule has 0 aliphatic carbocycles. The number of fused-ring (bicyclic) bond motifs is 1. The van der Waals surface area contributed by atoms with Gasteiger partial charge >= 0.3 is 0 Å². The summed E-state index contributed by atoms with van der Waals surface area (Å²) >= 11 is 2.25. The van der Waals surface area contributed by atoms with Gasteiger partial charge in [0.2, 0.25) is 0 Å². The minimum absolute atomic E-state index is 0.231. The van der Waals surface area contributed by atoms with Gasteiger partial charge in [0, 0.05) is 14.6 Å². The molecule has 1 heterocycles. The van der Waals surface area contributed by atoms with E-state index in [2.05, 4.69) is 27.9 Å². The molecule has 3 rings (SSSR count). The van der Waals surface area contributed by atoms with Gasteiger partial charge in [-0.05, 0) is 65.4 Å². The average Bonchev–Trinajstić information content (AvgIpc) is 2.86. The van der Waals surface area contributed by atoms with Crippen molar-refractivity contribution >= 4 is 45.2 Å². The van der Waals surface area contributed by atoms with Crippen LogP contribution in [0.15, 0.2) is 52.9 Å². The van der Waals surface area contributed by atoms with Crippen molar-refractivity contribution in [1.29, 1.82) is 0 Å². The van der Waals surface area contributed by atoms with Crippen LogP contribution in [0, 0.1) is 10.5 Å². The number of halogens is 1. The van der Waals surface area contributed by atoms with Crippen LogP contribution >= 0.6 is 22.6 Å². The first kappa shape index (κ1) is 13.2. The van der Waals surface area contributed by atoms with E-state index < -0.39 is 0 Å². The van der Waals surface area contributed by atoms with Crippen molar-refractivity contribution in [2.24, 2.45) is 0 Å². The monoisotopic (exact) mass is 377 g/mol. The molecule has 0 radical (unpaired) electrons. The van der Waals surface area contributed by atoms with Crippen LogP contribution in [-0.2, 0) is 0 Å². The fraction of sp³-hybridized carbons (Fsp3) is 0.0625. The van der Waals surface area contributed by atoms with Gasteiger partial charge in [0.1, 0.15) is 5.58 Å². The Kier molecular flexibility index (Phi) is 3.48. The van der Waals surface area contributed by atoms with Gasteiger partial charge in [-0.1, -0.05) is 18.2 Å². The summed E-state index contributed by atoms with van der Waals surface area (Å²) in [6, 6.07) is 15.2. The summed E-state index contributed by atoms with van der Waals surface area (Å²) < 4.78 is 6.69. The molecule has 3 nitrogen and oxygen atoms in total. The maximum Gasteiger partial charge on any atom is 0.291 e. The Morgan fingerprint density at radius 3 is 2.70 bits per heavy atom. The highest BCUT2D eigenvalue weighted by Gasteiger charge is 2.13. The normalized spacial score (nSPS) is 10.7. The number of hydrogen-bond donors (Lipinski definition) is 1. The lowest BCUT2D eigenvalue weighted by Crippen LogP contribution is -2.11. The number of amides is 1. The van der Waals surface area contributed by atoms with E-state index in [9.17, 15) is 4.79 Å². The van der Waals surface area contributed by atoms with Crippen molar-refractivity contribution in [2.75, 3.05) is 5.32 Å². The second-order valence-corrected chi connectivity index (χ2v) is 5.81. The molecule has 0 spiro atoms. The van der Waals surface area contributed by atoms with Crippen LogP contribution in [0.3, 0.4) is 0 Å². The van der Waals surface area contributed by atoms with Crippen molar-refractivity contribution in [3.63, 3.8) is 0 Å². The molecule has 3 aromatic rings. The summed E-state index contributed by atoms with van der Waals surface area (Å²) in [7, 11) is 0. The molecular weight excluding hydrogens is 365 g/mol. The van der Waals surface area contributed by atoms with Gasteiger partial charge in [-0.3, -0.25) is 4.79 Å². The van der Waals surface area contributed by atoms with Crippen LogP contribution in [0.4, 0.5) is 5.69 Å². The molecule has 0 unspecified atom stereocenters. The standard InChI is InChI=1S/C16H12INO2/c1-10-8-12(17)6-7-13(10)18-16(19)15-9-11-4-2-3-5-14(11)20-15/h2-9H,1H3,(H,18,19). The summed E-state index contributed by atoms with van der Waals surface area (Å²) in [4.78, 5) is 12.2. The van der Waals surface area contributed by atoms with Crippen LogP contribution in [0.1, 0.15) is 16.1 Å². The minimum Gasteiger partial charge on any atom is -0.451 e. The SMILES string of the molecule is Cc1cc(I)ccc1NC(=O)c1cc2ccccc2o1. The van der Waals surface area contributed by atoms with Gasteiger partial charge < -0.3 is 9.73 Å². The number of carbonyl (C=O) groups excluding carboxylic acids is 1. The van der Waals surface area contributed by atoms with E-state index in [1.165, 1.54) is 0 Å². The average molecular weight is 377 g/mol. The topological polar surface area (TPSA) is 42.2 Å². The zero-order valence-electron chi connectivity index (χ0n) is 10.8. The Labute approximate surface area is 130 Å². The summed E-state index contributed by atoms with van der Waals surface area (Å²) in [5.41, 5.74) is 2.55. The molecule has 0 aliphatic rings. The third kappa shape index (κ3) is 2.56. The molecule has 20 heavy (non-hydrogen) atoms. The van der Waals surface area contributed by atoms with E-state index in [0.29, 0.717) is 5.76 Å². The number of furan rings is 1. The maximum absolute atomic E-state index is 12.2. The molecule has 1 aromatic heterocycles. The van der Waals surface area contributed by atoms with Crippen molar-refractivity contribution < 1.29 is 9.21 Å². The van der Waals surface area contributed by atoms with Crippen LogP contribution in [-0.4, -0.2) is 5.91 Å². The van der Waals surface area contributed by atoms with Crippen LogP contribution in [0.2, 0.25) is 0 Å². The number of rotatable bonds is 2. The molecule has 0 bridgehead atoms. The third-order valence-corrected chi connectivity index (χ3v) is 3.76. The lowest BCUT2D eigenvalue weighted by atomic mass is 10.2. The largest absolute Gasteiger partial charge is 0.451 e. The van der Waals surface area contributed by atoms with Gasteiger partial charge in [-0.25, -0.2) is 0 Å². The highest BCUT2D eigenvalue weighted by atomic mass is 127. The molecule has 100 valence electrons. The zero-order valence-corrected chi connectivity index (χ0v) is 13.0. The van der Waals surface area contributed by atoms with Crippen LogP contribution in [0.25, 0.3) is 11.0 Å². The summed E-state index contributed by atoms with van der Waals surface area (Å²) in [5.74, 6) is 0.0923. The first-order chi connectivity index (χ1) is 9.63. The number of aryl methyl sites for hydroxylation is 1. The Bertz CT molecular complexity index is 759. The van der Waals surface area contributed by atoms with Crippen molar-refractivity contribution in [3.8, 4) is 0 Å². The highest BCUT2D eigenvalue weighted by Crippen LogP contribution is 2.22. The Balaban J connectivity index is 1.89. The van der Waals surface area contributed by atoms with E-state index in [4.69, 9.17) is 4.42 Å². The summed E-state index contributed by atoms with van der Waals surface area (Å²) in [6.07, 6.45) is 0. The van der Waals surface area contributed by atoms with E-state index in [0.717, 1.165) is 25.8 Å². The number of carbonyl (C=O) groups is 1.